The van der Waals surface area contributed by atoms with Crippen LogP contribution in [0.2, 0.25) is 0 Å². The van der Waals surface area contributed by atoms with Gasteiger partial charge in [-0.15, -0.1) is 0 Å². The Morgan fingerprint density at radius 2 is 2.24 bits per heavy atom. The molecule has 1 unspecified atom stereocenters. The zero-order valence-corrected chi connectivity index (χ0v) is 12.9. The average molecular weight is 349 g/mol. The van der Waals surface area contributed by atoms with E-state index in [1.165, 1.54) is 12.3 Å². The summed E-state index contributed by atoms with van der Waals surface area (Å²) >= 11 is 3.45. The van der Waals surface area contributed by atoms with Gasteiger partial charge in [-0.2, -0.15) is 0 Å². The highest BCUT2D eigenvalue weighted by molar-refractivity contribution is 9.10. The molecule has 1 fully saturated rings. The van der Waals surface area contributed by atoms with Crippen LogP contribution in [-0.4, -0.2) is 22.3 Å². The van der Waals surface area contributed by atoms with Gasteiger partial charge in [0.15, 0.2) is 5.82 Å². The number of amides is 1. The van der Waals surface area contributed by atoms with Crippen molar-refractivity contribution >= 4 is 21.8 Å². The molecule has 0 radical (unpaired) electrons. The van der Waals surface area contributed by atoms with Gasteiger partial charge < -0.3 is 4.90 Å². The van der Waals surface area contributed by atoms with E-state index in [1.54, 1.807) is 4.90 Å². The molecule has 0 bridgehead atoms. The van der Waals surface area contributed by atoms with Crippen molar-refractivity contribution in [2.45, 2.75) is 18.9 Å². The highest BCUT2D eigenvalue weighted by Crippen LogP contribution is 2.34. The predicted octanol–water partition coefficient (Wildman–Crippen LogP) is 3.96. The highest BCUT2D eigenvalue weighted by Gasteiger charge is 2.31. The lowest BCUT2D eigenvalue weighted by molar-refractivity contribution is 0.0730. The van der Waals surface area contributed by atoms with Crippen LogP contribution in [0.5, 0.6) is 0 Å². The van der Waals surface area contributed by atoms with Gasteiger partial charge in [-0.25, -0.2) is 4.39 Å². The molecule has 1 aliphatic rings. The van der Waals surface area contributed by atoms with Crippen molar-refractivity contribution in [2.75, 3.05) is 6.54 Å². The summed E-state index contributed by atoms with van der Waals surface area (Å²) in [7, 11) is 0. The SMILES string of the molecule is O=C(c1ccncc1F)N1CCCC1c1cccc(Br)c1. The van der Waals surface area contributed by atoms with E-state index < -0.39 is 5.82 Å². The molecule has 5 heteroatoms. The molecule has 1 aliphatic heterocycles. The molecule has 2 aromatic rings. The average Bonchev–Trinajstić information content (AvgIpc) is 2.96. The fraction of sp³-hybridized carbons (Fsp3) is 0.250. The normalized spacial score (nSPS) is 18.0. The van der Waals surface area contributed by atoms with Gasteiger partial charge in [-0.3, -0.25) is 9.78 Å². The number of nitrogens with zero attached hydrogens (tertiary/aromatic N) is 2. The first-order valence-corrected chi connectivity index (χ1v) is 7.62. The Bertz CT molecular complexity index is 677. The van der Waals surface area contributed by atoms with E-state index in [0.29, 0.717) is 6.54 Å². The molecule has 3 nitrogen and oxygen atoms in total. The summed E-state index contributed by atoms with van der Waals surface area (Å²) in [5.41, 5.74) is 1.16. The largest absolute Gasteiger partial charge is 0.332 e. The molecule has 1 saturated heterocycles. The van der Waals surface area contributed by atoms with Crippen molar-refractivity contribution < 1.29 is 9.18 Å². The molecule has 2 heterocycles. The minimum absolute atomic E-state index is 0.00238. The number of carbonyl (C=O) groups excluding carboxylic acids is 1. The number of carbonyl (C=O) groups is 1. The molecule has 1 atom stereocenters. The number of halogens is 2. The molecule has 3 rings (SSSR count). The molecular weight excluding hydrogens is 335 g/mol. The van der Waals surface area contributed by atoms with E-state index >= 15 is 0 Å². The number of benzene rings is 1. The van der Waals surface area contributed by atoms with Crippen LogP contribution < -0.4 is 0 Å². The summed E-state index contributed by atoms with van der Waals surface area (Å²) in [6.07, 6.45) is 4.35. The van der Waals surface area contributed by atoms with Crippen molar-refractivity contribution in [1.82, 2.24) is 9.88 Å². The molecule has 21 heavy (non-hydrogen) atoms. The van der Waals surface area contributed by atoms with Crippen molar-refractivity contribution in [1.29, 1.82) is 0 Å². The summed E-state index contributed by atoms with van der Waals surface area (Å²) in [6.45, 7) is 0.651. The van der Waals surface area contributed by atoms with E-state index in [0.717, 1.165) is 29.1 Å². The maximum Gasteiger partial charge on any atom is 0.257 e. The van der Waals surface area contributed by atoms with Crippen LogP contribution in [-0.2, 0) is 0 Å². The second-order valence-corrected chi connectivity index (χ2v) is 5.98. The minimum atomic E-state index is -0.567. The Hall–Kier alpha value is -1.75. The fourth-order valence-corrected chi connectivity index (χ4v) is 3.19. The van der Waals surface area contributed by atoms with Crippen LogP contribution in [0.1, 0.15) is 34.8 Å². The summed E-state index contributed by atoms with van der Waals surface area (Å²) in [4.78, 5) is 18.0. The van der Waals surface area contributed by atoms with Gasteiger partial charge in [-0.1, -0.05) is 28.1 Å². The van der Waals surface area contributed by atoms with Gasteiger partial charge >= 0.3 is 0 Å². The maximum absolute atomic E-state index is 13.8. The third-order valence-electron chi connectivity index (χ3n) is 3.75. The van der Waals surface area contributed by atoms with E-state index in [2.05, 4.69) is 20.9 Å². The number of pyridine rings is 1. The van der Waals surface area contributed by atoms with Gasteiger partial charge in [0, 0.05) is 17.2 Å². The summed E-state index contributed by atoms with van der Waals surface area (Å²) in [5.74, 6) is -0.834. The Morgan fingerprint density at radius 1 is 1.38 bits per heavy atom. The molecule has 1 aromatic carbocycles. The molecule has 0 spiro atoms. The smallest absolute Gasteiger partial charge is 0.257 e. The number of likely N-dealkylation sites (tertiary alicyclic amines) is 1. The van der Waals surface area contributed by atoms with Crippen LogP contribution in [0, 0.1) is 5.82 Å². The molecule has 0 saturated carbocycles. The van der Waals surface area contributed by atoms with E-state index in [9.17, 15) is 9.18 Å². The van der Waals surface area contributed by atoms with Gasteiger partial charge in [0.2, 0.25) is 0 Å². The summed E-state index contributed by atoms with van der Waals surface area (Å²) in [6, 6.07) is 9.36. The Labute approximate surface area is 130 Å². The lowest BCUT2D eigenvalue weighted by atomic mass is 10.0. The third kappa shape index (κ3) is 2.83. The van der Waals surface area contributed by atoms with E-state index in [1.807, 2.05) is 24.3 Å². The lowest BCUT2D eigenvalue weighted by Gasteiger charge is -2.25. The van der Waals surface area contributed by atoms with Gasteiger partial charge in [0.05, 0.1) is 17.8 Å². The van der Waals surface area contributed by atoms with Crippen LogP contribution in [0.15, 0.2) is 47.2 Å². The number of hydrogen-bond acceptors (Lipinski definition) is 2. The van der Waals surface area contributed by atoms with Gasteiger partial charge in [0.25, 0.3) is 5.91 Å². The fourth-order valence-electron chi connectivity index (χ4n) is 2.77. The first kappa shape index (κ1) is 14.2. The predicted molar refractivity (Wildman–Crippen MR) is 81.3 cm³/mol. The minimum Gasteiger partial charge on any atom is -0.332 e. The molecule has 0 aliphatic carbocycles. The van der Waals surface area contributed by atoms with Crippen molar-refractivity contribution in [2.24, 2.45) is 0 Å². The molecule has 108 valence electrons. The van der Waals surface area contributed by atoms with Crippen molar-refractivity contribution in [3.05, 3.63) is 64.1 Å². The molecule has 1 aromatic heterocycles. The maximum atomic E-state index is 13.8. The second kappa shape index (κ2) is 5.93. The van der Waals surface area contributed by atoms with Crippen LogP contribution in [0.3, 0.4) is 0 Å². The number of hydrogen-bond donors (Lipinski definition) is 0. The van der Waals surface area contributed by atoms with E-state index in [4.69, 9.17) is 0 Å². The Kier molecular flexibility index (Phi) is 4.01. The molecule has 1 amide bonds. The van der Waals surface area contributed by atoms with Gasteiger partial charge in [-0.05, 0) is 36.6 Å². The van der Waals surface area contributed by atoms with E-state index in [-0.39, 0.29) is 17.5 Å². The molecular formula is C16H14BrFN2O. The van der Waals surface area contributed by atoms with Crippen LogP contribution >= 0.6 is 15.9 Å². The highest BCUT2D eigenvalue weighted by atomic mass is 79.9. The summed E-state index contributed by atoms with van der Waals surface area (Å²) < 4.78 is 14.8. The first-order valence-electron chi connectivity index (χ1n) is 6.83. The Morgan fingerprint density at radius 3 is 3.00 bits per heavy atom. The second-order valence-electron chi connectivity index (χ2n) is 5.07. The van der Waals surface area contributed by atoms with Gasteiger partial charge in [0.1, 0.15) is 0 Å². The summed E-state index contributed by atoms with van der Waals surface area (Å²) in [5, 5.41) is 0. The van der Waals surface area contributed by atoms with Crippen LogP contribution in [0.25, 0.3) is 0 Å². The monoisotopic (exact) mass is 348 g/mol. The zero-order valence-electron chi connectivity index (χ0n) is 11.3. The Balaban J connectivity index is 1.91. The first-order chi connectivity index (χ1) is 10.2. The van der Waals surface area contributed by atoms with Crippen LogP contribution in [0.4, 0.5) is 4.39 Å². The van der Waals surface area contributed by atoms with Crippen molar-refractivity contribution in [3.63, 3.8) is 0 Å². The standard InChI is InChI=1S/C16H14BrFN2O/c17-12-4-1-3-11(9-12)15-5-2-8-20(15)16(21)13-6-7-19-10-14(13)18/h1,3-4,6-7,9-10,15H,2,5,8H2. The quantitative estimate of drug-likeness (QED) is 0.822. The third-order valence-corrected chi connectivity index (χ3v) is 4.24. The zero-order chi connectivity index (χ0) is 14.8. The number of aromatic nitrogens is 1. The molecule has 0 N–H and O–H groups in total. The number of rotatable bonds is 2. The topological polar surface area (TPSA) is 33.2 Å². The lowest BCUT2D eigenvalue weighted by Crippen LogP contribution is -2.31. The van der Waals surface area contributed by atoms with Crippen molar-refractivity contribution in [3.8, 4) is 0 Å².